The van der Waals surface area contributed by atoms with E-state index in [0.717, 1.165) is 11.1 Å². The van der Waals surface area contributed by atoms with Crippen molar-refractivity contribution < 1.29 is 4.79 Å². The average molecular weight is 390 g/mol. The molecule has 0 bridgehead atoms. The smallest absolute Gasteiger partial charge is 0.252 e. The Morgan fingerprint density at radius 3 is 2.46 bits per heavy atom. The zero-order chi connectivity index (χ0) is 19.3. The second-order valence-electron chi connectivity index (χ2n) is 6.18. The summed E-state index contributed by atoms with van der Waals surface area (Å²) in [6.07, 6.45) is 1.48. The number of benzene rings is 3. The molecule has 1 amide bonds. The molecule has 0 aliphatic heterocycles. The Morgan fingerprint density at radius 2 is 1.71 bits per heavy atom. The van der Waals surface area contributed by atoms with Gasteiger partial charge in [0, 0.05) is 10.6 Å². The fourth-order valence-electron chi connectivity index (χ4n) is 2.97. The van der Waals surface area contributed by atoms with E-state index < -0.39 is 0 Å². The largest absolute Gasteiger partial charge is 0.341 e. The predicted molar refractivity (Wildman–Crippen MR) is 106 cm³/mol. The highest BCUT2D eigenvalue weighted by atomic mass is 35.5. The summed E-state index contributed by atoms with van der Waals surface area (Å²) in [6, 6.07) is 24.1. The normalized spacial score (nSPS) is 11.8. The van der Waals surface area contributed by atoms with E-state index in [1.54, 1.807) is 18.2 Å². The molecule has 0 radical (unpaired) electrons. The number of aromatic nitrogens is 4. The second kappa shape index (κ2) is 8.02. The van der Waals surface area contributed by atoms with Crippen molar-refractivity contribution in [2.24, 2.45) is 0 Å². The van der Waals surface area contributed by atoms with Gasteiger partial charge in [0.2, 0.25) is 0 Å². The lowest BCUT2D eigenvalue weighted by Crippen LogP contribution is -2.29. The van der Waals surface area contributed by atoms with E-state index in [1.807, 2.05) is 60.7 Å². The van der Waals surface area contributed by atoms with Crippen LogP contribution >= 0.6 is 11.6 Å². The van der Waals surface area contributed by atoms with Gasteiger partial charge >= 0.3 is 0 Å². The topological polar surface area (TPSA) is 72.7 Å². The molecular formula is C21H16ClN5O. The zero-order valence-electron chi connectivity index (χ0n) is 14.7. The van der Waals surface area contributed by atoms with Crippen molar-refractivity contribution in [1.29, 1.82) is 0 Å². The van der Waals surface area contributed by atoms with E-state index in [0.29, 0.717) is 16.3 Å². The Bertz CT molecular complexity index is 1080. The third kappa shape index (κ3) is 3.92. The van der Waals surface area contributed by atoms with E-state index in [2.05, 4.69) is 20.8 Å². The first-order valence-electron chi connectivity index (χ1n) is 8.65. The summed E-state index contributed by atoms with van der Waals surface area (Å²) >= 11 is 6.17. The molecule has 0 fully saturated rings. The number of tetrazole rings is 1. The minimum Gasteiger partial charge on any atom is -0.341 e. The minimum absolute atomic E-state index is 0.205. The first-order valence-corrected chi connectivity index (χ1v) is 9.03. The third-order valence-electron chi connectivity index (χ3n) is 4.31. The summed E-state index contributed by atoms with van der Waals surface area (Å²) in [5.74, 6) is -0.205. The van der Waals surface area contributed by atoms with Crippen LogP contribution in [-0.2, 0) is 0 Å². The van der Waals surface area contributed by atoms with E-state index >= 15 is 0 Å². The van der Waals surface area contributed by atoms with Gasteiger partial charge in [-0.1, -0.05) is 60.1 Å². The van der Waals surface area contributed by atoms with Crippen LogP contribution in [0.15, 0.2) is 85.2 Å². The summed E-state index contributed by atoms with van der Waals surface area (Å²) in [7, 11) is 0. The molecule has 1 unspecified atom stereocenters. The van der Waals surface area contributed by atoms with Gasteiger partial charge < -0.3 is 5.32 Å². The van der Waals surface area contributed by atoms with Crippen molar-refractivity contribution in [2.45, 2.75) is 6.04 Å². The van der Waals surface area contributed by atoms with Gasteiger partial charge in [0.1, 0.15) is 6.33 Å². The van der Waals surface area contributed by atoms with E-state index in [9.17, 15) is 4.79 Å². The minimum atomic E-state index is -0.330. The number of amides is 1. The summed E-state index contributed by atoms with van der Waals surface area (Å²) < 4.78 is 1.50. The first-order chi connectivity index (χ1) is 13.7. The molecule has 1 heterocycles. The number of carbonyl (C=O) groups excluding carboxylic acids is 1. The number of carbonyl (C=O) groups is 1. The van der Waals surface area contributed by atoms with Gasteiger partial charge in [0.25, 0.3) is 5.91 Å². The maximum atomic E-state index is 13.0. The van der Waals surface area contributed by atoms with Crippen LogP contribution in [0.2, 0.25) is 5.02 Å². The quantitative estimate of drug-likeness (QED) is 0.563. The Kier molecular flexibility index (Phi) is 5.12. The molecule has 0 spiro atoms. The summed E-state index contributed by atoms with van der Waals surface area (Å²) in [5, 5.41) is 14.8. The molecule has 4 rings (SSSR count). The first kappa shape index (κ1) is 17.9. The molecule has 4 aromatic rings. The fourth-order valence-corrected chi connectivity index (χ4v) is 3.17. The molecule has 0 saturated heterocycles. The molecule has 28 heavy (non-hydrogen) atoms. The van der Waals surface area contributed by atoms with Crippen molar-refractivity contribution >= 4 is 17.5 Å². The van der Waals surface area contributed by atoms with Gasteiger partial charge in [0.15, 0.2) is 0 Å². The van der Waals surface area contributed by atoms with Crippen molar-refractivity contribution in [1.82, 2.24) is 25.5 Å². The van der Waals surface area contributed by atoms with Gasteiger partial charge in [-0.3, -0.25) is 4.79 Å². The van der Waals surface area contributed by atoms with E-state index in [4.69, 9.17) is 11.6 Å². The van der Waals surface area contributed by atoms with Gasteiger partial charge in [-0.25, -0.2) is 4.68 Å². The van der Waals surface area contributed by atoms with Crippen molar-refractivity contribution in [2.75, 3.05) is 0 Å². The number of hydrogen-bond acceptors (Lipinski definition) is 4. The highest BCUT2D eigenvalue weighted by molar-refractivity contribution is 6.30. The van der Waals surface area contributed by atoms with Gasteiger partial charge in [-0.2, -0.15) is 0 Å². The molecular weight excluding hydrogens is 374 g/mol. The number of hydrogen-bond donors (Lipinski definition) is 1. The lowest BCUT2D eigenvalue weighted by Gasteiger charge is -2.20. The van der Waals surface area contributed by atoms with Crippen LogP contribution in [0, 0.1) is 0 Å². The Balaban J connectivity index is 1.66. The van der Waals surface area contributed by atoms with Crippen LogP contribution in [0.5, 0.6) is 0 Å². The fraction of sp³-hybridized carbons (Fsp3) is 0.0476. The monoisotopic (exact) mass is 389 g/mol. The van der Waals surface area contributed by atoms with Gasteiger partial charge in [-0.15, -0.1) is 5.10 Å². The molecule has 138 valence electrons. The van der Waals surface area contributed by atoms with Crippen LogP contribution < -0.4 is 5.32 Å². The number of nitrogens with zero attached hydrogens (tertiary/aromatic N) is 4. The molecule has 0 saturated carbocycles. The number of nitrogens with one attached hydrogen (secondary N) is 1. The Morgan fingerprint density at radius 1 is 0.929 bits per heavy atom. The maximum absolute atomic E-state index is 13.0. The van der Waals surface area contributed by atoms with Crippen molar-refractivity contribution in [3.05, 3.63) is 107 Å². The number of halogens is 1. The molecule has 0 aliphatic carbocycles. The van der Waals surface area contributed by atoms with Crippen molar-refractivity contribution in [3.8, 4) is 5.69 Å². The molecule has 6 nitrogen and oxygen atoms in total. The lowest BCUT2D eigenvalue weighted by atomic mass is 9.98. The molecule has 1 aromatic heterocycles. The van der Waals surface area contributed by atoms with Gasteiger partial charge in [-0.05, 0) is 51.9 Å². The summed E-state index contributed by atoms with van der Waals surface area (Å²) in [5.41, 5.74) is 3.09. The molecule has 1 atom stereocenters. The zero-order valence-corrected chi connectivity index (χ0v) is 15.5. The van der Waals surface area contributed by atoms with E-state index in [1.165, 1.54) is 11.0 Å². The van der Waals surface area contributed by atoms with Crippen LogP contribution in [0.3, 0.4) is 0 Å². The summed E-state index contributed by atoms with van der Waals surface area (Å²) in [4.78, 5) is 13.0. The molecule has 3 aromatic carbocycles. The average Bonchev–Trinajstić information content (AvgIpc) is 3.27. The standard InChI is InChI=1S/C21H16ClN5O/c22-18-10-4-8-16(12-18)20(15-6-2-1-3-7-15)24-21(28)17-9-5-11-19(13-17)27-14-23-25-26-27/h1-14,20H,(H,24,28). The highest BCUT2D eigenvalue weighted by Gasteiger charge is 2.18. The van der Waals surface area contributed by atoms with Crippen LogP contribution in [0.1, 0.15) is 27.5 Å². The van der Waals surface area contributed by atoms with E-state index in [-0.39, 0.29) is 11.9 Å². The van der Waals surface area contributed by atoms with Gasteiger partial charge in [0.05, 0.1) is 11.7 Å². The second-order valence-corrected chi connectivity index (χ2v) is 6.61. The Labute approximate surface area is 166 Å². The van der Waals surface area contributed by atoms with Crippen LogP contribution in [0.4, 0.5) is 0 Å². The predicted octanol–water partition coefficient (Wildman–Crippen LogP) is 3.84. The van der Waals surface area contributed by atoms with Crippen LogP contribution in [-0.4, -0.2) is 26.1 Å². The Hall–Kier alpha value is -3.51. The molecule has 7 heteroatoms. The SMILES string of the molecule is O=C(NC(c1ccccc1)c1cccc(Cl)c1)c1cccc(-n2cnnn2)c1. The lowest BCUT2D eigenvalue weighted by molar-refractivity contribution is 0.0943. The summed E-state index contributed by atoms with van der Waals surface area (Å²) in [6.45, 7) is 0. The number of rotatable bonds is 5. The highest BCUT2D eigenvalue weighted by Crippen LogP contribution is 2.25. The van der Waals surface area contributed by atoms with Crippen LogP contribution in [0.25, 0.3) is 5.69 Å². The molecule has 1 N–H and O–H groups in total. The maximum Gasteiger partial charge on any atom is 0.252 e. The van der Waals surface area contributed by atoms with Crippen molar-refractivity contribution in [3.63, 3.8) is 0 Å². The third-order valence-corrected chi connectivity index (χ3v) is 4.55. The molecule has 0 aliphatic rings.